The number of ether oxygens (including phenoxy) is 2. The Hall–Kier alpha value is -3.02. The van der Waals surface area contributed by atoms with Crippen molar-refractivity contribution < 1.29 is 37.0 Å². The van der Waals surface area contributed by atoms with Crippen LogP contribution in [0.25, 0.3) is 0 Å². The Kier molecular flexibility index (Phi) is 10.3. The summed E-state index contributed by atoms with van der Waals surface area (Å²) in [7, 11) is 1.42. The van der Waals surface area contributed by atoms with E-state index in [1.54, 1.807) is 28.0 Å². The molecule has 3 amide bonds. The molecule has 2 unspecified atom stereocenters. The molecule has 228 valence electrons. The minimum atomic E-state index is -4.92. The molecule has 2 aromatic carbocycles. The lowest BCUT2D eigenvalue weighted by Crippen LogP contribution is -2.53. The molecule has 0 aliphatic carbocycles. The van der Waals surface area contributed by atoms with Crippen molar-refractivity contribution in [3.8, 4) is 5.75 Å². The monoisotopic (exact) mass is 629 g/mol. The number of likely N-dealkylation sites (tertiary alicyclic amines) is 2. The molecule has 13 heteroatoms. The molecule has 1 N–H and O–H groups in total. The number of nitrogens with zero attached hydrogens (tertiary/aromatic N) is 2. The average molecular weight is 630 g/mol. The van der Waals surface area contributed by atoms with Gasteiger partial charge in [0.25, 0.3) is 5.91 Å². The van der Waals surface area contributed by atoms with Crippen LogP contribution in [0.4, 0.5) is 13.2 Å². The molecule has 2 atom stereocenters. The van der Waals surface area contributed by atoms with Crippen LogP contribution in [-0.4, -0.2) is 73.2 Å². The number of amides is 3. The fraction of sp³-hybridized carbons (Fsp3) is 0.483. The lowest BCUT2D eigenvalue weighted by Gasteiger charge is -2.41. The number of benzene rings is 2. The molecule has 8 nitrogen and oxygen atoms in total. The number of nitrogens with one attached hydrogen (secondary N) is 1. The van der Waals surface area contributed by atoms with E-state index in [2.05, 4.69) is 10.1 Å². The van der Waals surface area contributed by atoms with Crippen molar-refractivity contribution in [3.63, 3.8) is 0 Å². The van der Waals surface area contributed by atoms with Crippen LogP contribution in [0.2, 0.25) is 10.0 Å². The van der Waals surface area contributed by atoms with Crippen LogP contribution in [0.3, 0.4) is 0 Å². The number of carbonyl (C=O) groups excluding carboxylic acids is 3. The molecule has 42 heavy (non-hydrogen) atoms. The number of carbonyl (C=O) groups is 3. The topological polar surface area (TPSA) is 88.2 Å². The van der Waals surface area contributed by atoms with Gasteiger partial charge in [0.15, 0.2) is 0 Å². The summed E-state index contributed by atoms with van der Waals surface area (Å²) in [4.78, 5) is 42.2. The first-order valence-electron chi connectivity index (χ1n) is 13.5. The van der Waals surface area contributed by atoms with E-state index >= 15 is 0 Å². The minimum Gasteiger partial charge on any atom is -0.406 e. The summed E-state index contributed by atoms with van der Waals surface area (Å²) in [5, 5.41) is 3.65. The SMILES string of the molecule is COCc1ccc(OC(F)(F)F)cc1C(=O)NC1CCN(C(=O)C2CCN(C(C)=O)CC2)CC1c1ccc(Cl)c(Cl)c1. The molecular formula is C29H32Cl2F3N3O5. The van der Waals surface area contributed by atoms with Gasteiger partial charge < -0.3 is 24.6 Å². The first kappa shape index (κ1) is 31.9. The van der Waals surface area contributed by atoms with Gasteiger partial charge in [0.1, 0.15) is 5.75 Å². The van der Waals surface area contributed by atoms with E-state index in [0.717, 1.165) is 17.7 Å². The Labute approximate surface area is 252 Å². The van der Waals surface area contributed by atoms with Gasteiger partial charge in [0.2, 0.25) is 11.8 Å². The van der Waals surface area contributed by atoms with Gasteiger partial charge in [-0.15, -0.1) is 13.2 Å². The highest BCUT2D eigenvalue weighted by atomic mass is 35.5. The predicted molar refractivity (Wildman–Crippen MR) is 150 cm³/mol. The summed E-state index contributed by atoms with van der Waals surface area (Å²) in [6.45, 7) is 3.22. The number of alkyl halides is 3. The van der Waals surface area contributed by atoms with Gasteiger partial charge in [-0.1, -0.05) is 35.3 Å². The lowest BCUT2D eigenvalue weighted by molar-refractivity contribution is -0.274. The third kappa shape index (κ3) is 7.87. The van der Waals surface area contributed by atoms with Gasteiger partial charge in [0.05, 0.1) is 16.7 Å². The van der Waals surface area contributed by atoms with E-state index in [-0.39, 0.29) is 42.4 Å². The van der Waals surface area contributed by atoms with Crippen LogP contribution in [0.1, 0.15) is 53.6 Å². The van der Waals surface area contributed by atoms with E-state index in [9.17, 15) is 27.6 Å². The Balaban J connectivity index is 1.56. The maximum atomic E-state index is 13.5. The number of methoxy groups -OCH3 is 1. The standard InChI is InChI=1S/C29H32Cl2F3N3O5/c1-17(38)36-10-7-18(8-11-36)28(40)37-12-9-26(23(15-37)19-4-6-24(30)25(31)13-19)35-27(39)22-14-21(42-29(32,33)34)5-3-20(22)16-41-2/h3-6,13-14,18,23,26H,7-12,15-16H2,1-2H3,(H,35,39). The van der Waals surface area contributed by atoms with Gasteiger partial charge in [-0.3, -0.25) is 14.4 Å². The van der Waals surface area contributed by atoms with Gasteiger partial charge in [-0.05, 0) is 54.7 Å². The second-order valence-corrected chi connectivity index (χ2v) is 11.3. The molecule has 0 aromatic heterocycles. The number of hydrogen-bond donors (Lipinski definition) is 1. The van der Waals surface area contributed by atoms with Crippen molar-refractivity contribution in [2.24, 2.45) is 5.92 Å². The Bertz CT molecular complexity index is 1320. The fourth-order valence-electron chi connectivity index (χ4n) is 5.60. The first-order chi connectivity index (χ1) is 19.9. The van der Waals surface area contributed by atoms with Crippen molar-refractivity contribution >= 4 is 40.9 Å². The van der Waals surface area contributed by atoms with Crippen molar-refractivity contribution in [1.29, 1.82) is 0 Å². The Morgan fingerprint density at radius 3 is 2.29 bits per heavy atom. The number of rotatable bonds is 7. The number of piperidine rings is 2. The van der Waals surface area contributed by atoms with Crippen LogP contribution < -0.4 is 10.1 Å². The summed E-state index contributed by atoms with van der Waals surface area (Å²) in [5.74, 6) is -1.73. The van der Waals surface area contributed by atoms with Crippen molar-refractivity contribution in [3.05, 3.63) is 63.1 Å². The fourth-order valence-corrected chi connectivity index (χ4v) is 5.90. The summed E-state index contributed by atoms with van der Waals surface area (Å²) in [5.41, 5.74) is 1.13. The second-order valence-electron chi connectivity index (χ2n) is 10.5. The molecule has 4 rings (SSSR count). The molecule has 0 radical (unpaired) electrons. The molecule has 2 saturated heterocycles. The molecule has 2 fully saturated rings. The third-order valence-corrected chi connectivity index (χ3v) is 8.50. The van der Waals surface area contributed by atoms with Crippen molar-refractivity contribution in [1.82, 2.24) is 15.1 Å². The van der Waals surface area contributed by atoms with E-state index < -0.39 is 24.1 Å². The maximum Gasteiger partial charge on any atom is 0.573 e. The zero-order chi connectivity index (χ0) is 30.6. The highest BCUT2D eigenvalue weighted by molar-refractivity contribution is 6.42. The van der Waals surface area contributed by atoms with E-state index in [4.69, 9.17) is 27.9 Å². The molecule has 2 heterocycles. The van der Waals surface area contributed by atoms with Crippen molar-refractivity contribution in [2.75, 3.05) is 33.3 Å². The molecule has 0 bridgehead atoms. The number of halogens is 5. The quantitative estimate of drug-likeness (QED) is 0.442. The molecule has 2 aromatic rings. The number of hydrogen-bond acceptors (Lipinski definition) is 5. The Morgan fingerprint density at radius 1 is 0.976 bits per heavy atom. The largest absolute Gasteiger partial charge is 0.573 e. The minimum absolute atomic E-state index is 0.000658. The van der Waals surface area contributed by atoms with Crippen LogP contribution in [0.15, 0.2) is 36.4 Å². The second kappa shape index (κ2) is 13.5. The zero-order valence-electron chi connectivity index (χ0n) is 23.2. The van der Waals surface area contributed by atoms with Crippen LogP contribution >= 0.6 is 23.2 Å². The van der Waals surface area contributed by atoms with Crippen LogP contribution in [0.5, 0.6) is 5.75 Å². The lowest BCUT2D eigenvalue weighted by atomic mass is 9.84. The van der Waals surface area contributed by atoms with Crippen LogP contribution in [0, 0.1) is 5.92 Å². The smallest absolute Gasteiger partial charge is 0.406 e. The first-order valence-corrected chi connectivity index (χ1v) is 14.3. The molecular weight excluding hydrogens is 598 g/mol. The molecule has 2 aliphatic rings. The van der Waals surface area contributed by atoms with Crippen molar-refractivity contribution in [2.45, 2.75) is 51.1 Å². The van der Waals surface area contributed by atoms with E-state index in [1.165, 1.54) is 20.1 Å². The van der Waals surface area contributed by atoms with E-state index in [1.807, 2.05) is 0 Å². The van der Waals surface area contributed by atoms with Gasteiger partial charge in [-0.25, -0.2) is 0 Å². The van der Waals surface area contributed by atoms with E-state index in [0.29, 0.717) is 54.5 Å². The van der Waals surface area contributed by atoms with Gasteiger partial charge >= 0.3 is 6.36 Å². The molecule has 0 spiro atoms. The van der Waals surface area contributed by atoms with Crippen LogP contribution in [-0.2, 0) is 20.9 Å². The highest BCUT2D eigenvalue weighted by Crippen LogP contribution is 2.34. The Morgan fingerprint density at radius 2 is 1.67 bits per heavy atom. The highest BCUT2D eigenvalue weighted by Gasteiger charge is 2.37. The maximum absolute atomic E-state index is 13.5. The molecule has 0 saturated carbocycles. The summed E-state index contributed by atoms with van der Waals surface area (Å²) >= 11 is 12.5. The summed E-state index contributed by atoms with van der Waals surface area (Å²) < 4.78 is 47.8. The summed E-state index contributed by atoms with van der Waals surface area (Å²) in [6, 6.07) is 8.17. The molecule has 2 aliphatic heterocycles. The van der Waals surface area contributed by atoms with Gasteiger partial charge in [-0.2, -0.15) is 0 Å². The average Bonchev–Trinajstić information content (AvgIpc) is 2.94. The third-order valence-electron chi connectivity index (χ3n) is 7.76. The zero-order valence-corrected chi connectivity index (χ0v) is 24.7. The normalized spacial score (nSPS) is 19.9. The predicted octanol–water partition coefficient (Wildman–Crippen LogP) is 5.41. The summed E-state index contributed by atoms with van der Waals surface area (Å²) in [6.07, 6.45) is -3.37. The van der Waals surface area contributed by atoms with Gasteiger partial charge in [0, 0.05) is 63.7 Å².